The van der Waals surface area contributed by atoms with Crippen LogP contribution in [-0.4, -0.2) is 15.9 Å². The van der Waals surface area contributed by atoms with E-state index in [4.69, 9.17) is 5.73 Å². The molecule has 2 heterocycles. The largest absolute Gasteiger partial charge is 0.330 e. The number of aromatic nitrogens is 2. The van der Waals surface area contributed by atoms with E-state index in [1.54, 1.807) is 11.3 Å². The zero-order valence-corrected chi connectivity index (χ0v) is 9.00. The molecule has 0 amide bonds. The maximum atomic E-state index is 5.59. The molecule has 0 saturated carbocycles. The van der Waals surface area contributed by atoms with Crippen LogP contribution in [-0.2, 0) is 6.42 Å². The zero-order chi connectivity index (χ0) is 10.3. The number of para-hydroxylation sites is 2. The van der Waals surface area contributed by atoms with Crippen LogP contribution in [0, 0.1) is 0 Å². The van der Waals surface area contributed by atoms with Gasteiger partial charge in [0, 0.05) is 17.5 Å². The van der Waals surface area contributed by atoms with Gasteiger partial charge < -0.3 is 5.73 Å². The second-order valence-corrected chi connectivity index (χ2v) is 4.32. The molecule has 0 aliphatic carbocycles. The maximum Gasteiger partial charge on any atom is 0.194 e. The van der Waals surface area contributed by atoms with E-state index in [-0.39, 0.29) is 0 Å². The van der Waals surface area contributed by atoms with Crippen molar-refractivity contribution in [3.63, 3.8) is 0 Å². The molecule has 0 fully saturated rings. The fraction of sp³-hybridized carbons (Fsp3) is 0.182. The van der Waals surface area contributed by atoms with E-state index in [1.165, 1.54) is 11.2 Å². The number of imidazole rings is 1. The third-order valence-electron chi connectivity index (χ3n) is 2.52. The number of rotatable bonds is 2. The molecule has 15 heavy (non-hydrogen) atoms. The number of benzene rings is 1. The van der Waals surface area contributed by atoms with Crippen molar-refractivity contribution in [2.45, 2.75) is 6.42 Å². The Morgan fingerprint density at radius 1 is 1.33 bits per heavy atom. The average Bonchev–Trinajstić information content (AvgIpc) is 2.78. The Bertz CT molecular complexity index is 608. The minimum absolute atomic E-state index is 0.679. The van der Waals surface area contributed by atoms with Gasteiger partial charge in [0.2, 0.25) is 0 Å². The molecular weight excluding hydrogens is 206 g/mol. The van der Waals surface area contributed by atoms with E-state index in [2.05, 4.69) is 20.8 Å². The number of hydrogen-bond acceptors (Lipinski definition) is 3. The number of hydrogen-bond donors (Lipinski definition) is 1. The summed E-state index contributed by atoms with van der Waals surface area (Å²) >= 11 is 1.68. The first-order valence-electron chi connectivity index (χ1n) is 4.94. The van der Waals surface area contributed by atoms with Gasteiger partial charge in [0.15, 0.2) is 4.96 Å². The van der Waals surface area contributed by atoms with E-state index in [9.17, 15) is 0 Å². The Morgan fingerprint density at radius 2 is 2.20 bits per heavy atom. The third kappa shape index (κ3) is 1.26. The minimum atomic E-state index is 0.679. The lowest BCUT2D eigenvalue weighted by Crippen LogP contribution is -2.04. The highest BCUT2D eigenvalue weighted by Gasteiger charge is 2.08. The first-order chi connectivity index (χ1) is 7.40. The molecular formula is C11H11N3S. The molecule has 0 aliphatic rings. The summed E-state index contributed by atoms with van der Waals surface area (Å²) in [5, 5.41) is 2.14. The molecule has 0 unspecified atom stereocenters. The first-order valence-corrected chi connectivity index (χ1v) is 5.82. The summed E-state index contributed by atoms with van der Waals surface area (Å²) in [6, 6.07) is 8.20. The van der Waals surface area contributed by atoms with Crippen molar-refractivity contribution in [1.82, 2.24) is 9.38 Å². The Labute approximate surface area is 91.2 Å². The second kappa shape index (κ2) is 3.32. The van der Waals surface area contributed by atoms with Gasteiger partial charge in [0.25, 0.3) is 0 Å². The van der Waals surface area contributed by atoms with Gasteiger partial charge in [-0.3, -0.25) is 4.40 Å². The van der Waals surface area contributed by atoms with Gasteiger partial charge in [-0.2, -0.15) is 0 Å². The van der Waals surface area contributed by atoms with Crippen LogP contribution < -0.4 is 5.73 Å². The molecule has 1 aromatic carbocycles. The maximum absolute atomic E-state index is 5.59. The zero-order valence-electron chi connectivity index (χ0n) is 8.18. The highest BCUT2D eigenvalue weighted by atomic mass is 32.1. The SMILES string of the molecule is NCCc1csc2nc3ccccc3n12. The van der Waals surface area contributed by atoms with Crippen LogP contribution in [0.2, 0.25) is 0 Å². The van der Waals surface area contributed by atoms with Crippen molar-refractivity contribution in [3.05, 3.63) is 35.3 Å². The number of nitrogens with two attached hydrogens (primary N) is 1. The summed E-state index contributed by atoms with van der Waals surface area (Å²) in [6.45, 7) is 0.679. The van der Waals surface area contributed by atoms with Crippen LogP contribution in [0.4, 0.5) is 0 Å². The Morgan fingerprint density at radius 3 is 3.07 bits per heavy atom. The van der Waals surface area contributed by atoms with E-state index >= 15 is 0 Å². The van der Waals surface area contributed by atoms with Gasteiger partial charge in [0.1, 0.15) is 0 Å². The van der Waals surface area contributed by atoms with Crippen molar-refractivity contribution in [2.75, 3.05) is 6.54 Å². The van der Waals surface area contributed by atoms with Crippen molar-refractivity contribution in [3.8, 4) is 0 Å². The van der Waals surface area contributed by atoms with E-state index in [0.717, 1.165) is 16.9 Å². The molecule has 0 bridgehead atoms. The fourth-order valence-corrected chi connectivity index (χ4v) is 2.79. The number of fused-ring (bicyclic) bond motifs is 3. The predicted molar refractivity (Wildman–Crippen MR) is 63.3 cm³/mol. The molecule has 0 atom stereocenters. The van der Waals surface area contributed by atoms with Crippen molar-refractivity contribution in [1.29, 1.82) is 0 Å². The van der Waals surface area contributed by atoms with Gasteiger partial charge in [-0.15, -0.1) is 11.3 Å². The van der Waals surface area contributed by atoms with Crippen LogP contribution in [0.25, 0.3) is 16.0 Å². The second-order valence-electron chi connectivity index (χ2n) is 3.48. The lowest BCUT2D eigenvalue weighted by Gasteiger charge is -1.97. The van der Waals surface area contributed by atoms with E-state index in [1.807, 2.05) is 18.2 Å². The highest BCUT2D eigenvalue weighted by molar-refractivity contribution is 7.15. The summed E-state index contributed by atoms with van der Waals surface area (Å²) in [6.07, 6.45) is 0.903. The number of thiazole rings is 1. The molecule has 2 aromatic heterocycles. The van der Waals surface area contributed by atoms with Crippen molar-refractivity contribution in [2.24, 2.45) is 5.73 Å². The lowest BCUT2D eigenvalue weighted by atomic mass is 10.3. The standard InChI is InChI=1S/C11H11N3S/c12-6-5-8-7-15-11-13-9-3-1-2-4-10(9)14(8)11/h1-4,7H,5-6,12H2. The quantitative estimate of drug-likeness (QED) is 0.714. The minimum Gasteiger partial charge on any atom is -0.330 e. The molecule has 3 aromatic rings. The smallest absolute Gasteiger partial charge is 0.194 e. The van der Waals surface area contributed by atoms with Crippen LogP contribution in [0.1, 0.15) is 5.69 Å². The molecule has 76 valence electrons. The molecule has 0 spiro atoms. The first kappa shape index (κ1) is 8.88. The van der Waals surface area contributed by atoms with Gasteiger partial charge in [0.05, 0.1) is 11.0 Å². The van der Waals surface area contributed by atoms with Gasteiger partial charge in [-0.1, -0.05) is 12.1 Å². The van der Waals surface area contributed by atoms with E-state index in [0.29, 0.717) is 6.54 Å². The molecule has 0 aliphatic heterocycles. The summed E-state index contributed by atoms with van der Waals surface area (Å²) < 4.78 is 2.20. The van der Waals surface area contributed by atoms with Crippen LogP contribution in [0.3, 0.4) is 0 Å². The summed E-state index contributed by atoms with van der Waals surface area (Å²) in [7, 11) is 0. The Balaban J connectivity index is 2.38. The van der Waals surface area contributed by atoms with Crippen molar-refractivity contribution < 1.29 is 0 Å². The Hall–Kier alpha value is -1.39. The molecule has 3 rings (SSSR count). The van der Waals surface area contributed by atoms with Gasteiger partial charge in [-0.05, 0) is 18.7 Å². The highest BCUT2D eigenvalue weighted by Crippen LogP contribution is 2.23. The Kier molecular flexibility index (Phi) is 1.97. The van der Waals surface area contributed by atoms with Gasteiger partial charge >= 0.3 is 0 Å². The van der Waals surface area contributed by atoms with Crippen LogP contribution in [0.15, 0.2) is 29.6 Å². The lowest BCUT2D eigenvalue weighted by molar-refractivity contribution is 0.918. The third-order valence-corrected chi connectivity index (χ3v) is 3.39. The van der Waals surface area contributed by atoms with Gasteiger partial charge in [-0.25, -0.2) is 4.98 Å². The fourth-order valence-electron chi connectivity index (χ4n) is 1.85. The normalized spacial score (nSPS) is 11.5. The summed E-state index contributed by atoms with van der Waals surface area (Å²) in [4.78, 5) is 5.61. The molecule has 4 heteroatoms. The molecule has 0 radical (unpaired) electrons. The topological polar surface area (TPSA) is 43.3 Å². The van der Waals surface area contributed by atoms with Crippen molar-refractivity contribution >= 4 is 27.3 Å². The molecule has 3 nitrogen and oxygen atoms in total. The van der Waals surface area contributed by atoms with Crippen LogP contribution >= 0.6 is 11.3 Å². The summed E-state index contributed by atoms with van der Waals surface area (Å²) in [5.74, 6) is 0. The summed E-state index contributed by atoms with van der Waals surface area (Å²) in [5.41, 5.74) is 9.09. The van der Waals surface area contributed by atoms with E-state index < -0.39 is 0 Å². The average molecular weight is 217 g/mol. The molecule has 0 saturated heterocycles. The molecule has 2 N–H and O–H groups in total. The number of nitrogens with zero attached hydrogens (tertiary/aromatic N) is 2. The predicted octanol–water partition coefficient (Wildman–Crippen LogP) is 2.05. The monoisotopic (exact) mass is 217 g/mol. The van der Waals surface area contributed by atoms with Crippen LogP contribution in [0.5, 0.6) is 0 Å².